The zero-order valence-electron chi connectivity index (χ0n) is 17.5. The van der Waals surface area contributed by atoms with E-state index in [1.165, 1.54) is 4.90 Å². The van der Waals surface area contributed by atoms with Gasteiger partial charge in [0, 0.05) is 18.4 Å². The molecule has 4 N–H and O–H groups in total. The van der Waals surface area contributed by atoms with Gasteiger partial charge in [-0.2, -0.15) is 0 Å². The molecule has 1 aliphatic rings. The molecule has 2 aromatic rings. The van der Waals surface area contributed by atoms with Crippen molar-refractivity contribution >= 4 is 24.1 Å². The van der Waals surface area contributed by atoms with Crippen molar-refractivity contribution in [2.75, 3.05) is 6.54 Å². The van der Waals surface area contributed by atoms with Crippen molar-refractivity contribution in [2.24, 2.45) is 0 Å². The molecule has 2 heterocycles. The first-order valence-corrected chi connectivity index (χ1v) is 10.5. The Morgan fingerprint density at radius 2 is 2.00 bits per heavy atom. The second kappa shape index (κ2) is 10.6. The normalized spacial score (nSPS) is 16.5. The lowest BCUT2D eigenvalue weighted by atomic mass is 10.1. The second-order valence-corrected chi connectivity index (χ2v) is 7.78. The molecule has 1 unspecified atom stereocenters. The highest BCUT2D eigenvalue weighted by Gasteiger charge is 2.36. The van der Waals surface area contributed by atoms with E-state index in [9.17, 15) is 24.3 Å². The minimum absolute atomic E-state index is 0.141. The summed E-state index contributed by atoms with van der Waals surface area (Å²) in [4.78, 5) is 55.9. The summed E-state index contributed by atoms with van der Waals surface area (Å²) in [6, 6.07) is 5.10. The Morgan fingerprint density at radius 3 is 2.69 bits per heavy atom. The summed E-state index contributed by atoms with van der Waals surface area (Å²) < 4.78 is 0. The Hall–Kier alpha value is -3.69. The average molecular weight is 442 g/mol. The molecule has 0 bridgehead atoms. The van der Waals surface area contributed by atoms with Crippen LogP contribution in [0.3, 0.4) is 0 Å². The van der Waals surface area contributed by atoms with Crippen molar-refractivity contribution in [3.63, 3.8) is 0 Å². The SMILES string of the molecule is O=CC(CC(=O)O)NC(=O)[C@@H]1CCCN1C(=O)c1ncc(CCCc2ccc(O)cc2)[nH]1. The largest absolute Gasteiger partial charge is 0.508 e. The predicted molar refractivity (Wildman–Crippen MR) is 113 cm³/mol. The number of nitrogens with zero attached hydrogens (tertiary/aromatic N) is 2. The molecule has 3 rings (SSSR count). The molecule has 1 fully saturated rings. The maximum atomic E-state index is 12.9. The summed E-state index contributed by atoms with van der Waals surface area (Å²) in [6.45, 7) is 0.374. The van der Waals surface area contributed by atoms with Gasteiger partial charge in [-0.1, -0.05) is 12.1 Å². The maximum absolute atomic E-state index is 12.9. The van der Waals surface area contributed by atoms with Crippen LogP contribution >= 0.6 is 0 Å². The number of phenols is 1. The van der Waals surface area contributed by atoms with Crippen molar-refractivity contribution < 1.29 is 29.4 Å². The molecule has 170 valence electrons. The predicted octanol–water partition coefficient (Wildman–Crippen LogP) is 1.05. The summed E-state index contributed by atoms with van der Waals surface area (Å²) >= 11 is 0. The number of carboxylic acid groups (broad SMARTS) is 1. The number of rotatable bonds is 10. The van der Waals surface area contributed by atoms with Gasteiger partial charge in [0.25, 0.3) is 5.91 Å². The first kappa shape index (κ1) is 23.0. The van der Waals surface area contributed by atoms with Crippen LogP contribution in [0.5, 0.6) is 5.75 Å². The maximum Gasteiger partial charge on any atom is 0.305 e. The van der Waals surface area contributed by atoms with E-state index in [1.54, 1.807) is 18.3 Å². The van der Waals surface area contributed by atoms with E-state index in [1.807, 2.05) is 12.1 Å². The van der Waals surface area contributed by atoms with Crippen LogP contribution in [0.4, 0.5) is 0 Å². The molecule has 0 spiro atoms. The zero-order chi connectivity index (χ0) is 23.1. The highest BCUT2D eigenvalue weighted by Crippen LogP contribution is 2.20. The van der Waals surface area contributed by atoms with Crippen molar-refractivity contribution in [1.82, 2.24) is 20.2 Å². The number of carbonyl (C=O) groups excluding carboxylic acids is 3. The first-order chi connectivity index (χ1) is 15.4. The number of aliphatic carboxylic acids is 1. The zero-order valence-corrected chi connectivity index (χ0v) is 17.5. The molecule has 10 nitrogen and oxygen atoms in total. The third-order valence-corrected chi connectivity index (χ3v) is 5.38. The van der Waals surface area contributed by atoms with E-state index < -0.39 is 36.3 Å². The molecule has 1 saturated heterocycles. The van der Waals surface area contributed by atoms with E-state index >= 15 is 0 Å². The number of benzene rings is 1. The highest BCUT2D eigenvalue weighted by atomic mass is 16.4. The summed E-state index contributed by atoms with van der Waals surface area (Å²) in [6.07, 6.45) is 4.83. The third-order valence-electron chi connectivity index (χ3n) is 5.38. The number of imidazole rings is 1. The number of H-pyrrole nitrogens is 1. The molecule has 0 saturated carbocycles. The van der Waals surface area contributed by atoms with E-state index in [0.717, 1.165) is 24.1 Å². The van der Waals surface area contributed by atoms with E-state index in [-0.39, 0.29) is 11.6 Å². The van der Waals surface area contributed by atoms with Gasteiger partial charge in [0.15, 0.2) is 5.82 Å². The topological polar surface area (TPSA) is 153 Å². The quantitative estimate of drug-likeness (QED) is 0.401. The Kier molecular flexibility index (Phi) is 7.58. The van der Waals surface area contributed by atoms with Crippen LogP contribution in [0.1, 0.15) is 47.6 Å². The van der Waals surface area contributed by atoms with Crippen LogP contribution in [-0.4, -0.2) is 67.8 Å². The average Bonchev–Trinajstić information content (AvgIpc) is 3.44. The van der Waals surface area contributed by atoms with Crippen LogP contribution in [0, 0.1) is 0 Å². The molecule has 0 radical (unpaired) electrons. The number of carbonyl (C=O) groups is 4. The number of hydrogen-bond donors (Lipinski definition) is 4. The van der Waals surface area contributed by atoms with Crippen LogP contribution in [0.15, 0.2) is 30.5 Å². The van der Waals surface area contributed by atoms with Crippen LogP contribution in [-0.2, 0) is 27.2 Å². The number of hydrogen-bond acceptors (Lipinski definition) is 6. The van der Waals surface area contributed by atoms with Gasteiger partial charge >= 0.3 is 5.97 Å². The summed E-state index contributed by atoms with van der Waals surface area (Å²) in [7, 11) is 0. The van der Waals surface area contributed by atoms with Crippen molar-refractivity contribution in [3.8, 4) is 5.75 Å². The Morgan fingerprint density at radius 1 is 1.25 bits per heavy atom. The fraction of sp³-hybridized carbons (Fsp3) is 0.409. The molecular formula is C22H26N4O6. The first-order valence-electron chi connectivity index (χ1n) is 10.5. The number of nitrogens with one attached hydrogen (secondary N) is 2. The molecule has 32 heavy (non-hydrogen) atoms. The number of likely N-dealkylation sites (tertiary alicyclic amines) is 1. The smallest absolute Gasteiger partial charge is 0.305 e. The lowest BCUT2D eigenvalue weighted by Crippen LogP contribution is -2.49. The van der Waals surface area contributed by atoms with Crippen LogP contribution < -0.4 is 5.32 Å². The number of aromatic amines is 1. The molecule has 1 aromatic carbocycles. The van der Waals surface area contributed by atoms with Crippen molar-refractivity contribution in [2.45, 2.75) is 50.6 Å². The van der Waals surface area contributed by atoms with E-state index in [4.69, 9.17) is 5.11 Å². The summed E-state index contributed by atoms with van der Waals surface area (Å²) in [5.41, 5.74) is 1.90. The van der Waals surface area contributed by atoms with Gasteiger partial charge in [-0.15, -0.1) is 0 Å². The highest BCUT2D eigenvalue weighted by molar-refractivity contribution is 5.96. The third kappa shape index (κ3) is 5.93. The molecular weight excluding hydrogens is 416 g/mol. The number of aldehydes is 1. The second-order valence-electron chi connectivity index (χ2n) is 7.78. The number of amides is 2. The fourth-order valence-corrected chi connectivity index (χ4v) is 3.76. The molecule has 10 heteroatoms. The standard InChI is InChI=1S/C22H26N4O6/c27-13-16(11-19(29)30)25-21(31)18-5-2-10-26(18)22(32)20-23-12-15(24-20)4-1-3-14-6-8-17(28)9-7-14/h6-9,12-13,16,18,28H,1-5,10-11H2,(H,23,24)(H,25,31)(H,29,30)/t16?,18-/m0/s1. The van der Waals surface area contributed by atoms with Gasteiger partial charge in [0.2, 0.25) is 5.91 Å². The Labute approximate surface area is 184 Å². The number of phenolic OH excluding ortho intramolecular Hbond substituents is 1. The van der Waals surface area contributed by atoms with Crippen LogP contribution in [0.2, 0.25) is 0 Å². The monoisotopic (exact) mass is 442 g/mol. The minimum atomic E-state index is -1.20. The molecule has 0 aliphatic carbocycles. The van der Waals surface area contributed by atoms with E-state index in [2.05, 4.69) is 15.3 Å². The summed E-state index contributed by atoms with van der Waals surface area (Å²) in [5, 5.41) is 20.6. The molecule has 2 amide bonds. The lowest BCUT2D eigenvalue weighted by molar-refractivity contribution is -0.139. The minimum Gasteiger partial charge on any atom is -0.508 e. The van der Waals surface area contributed by atoms with Gasteiger partial charge in [-0.3, -0.25) is 14.4 Å². The van der Waals surface area contributed by atoms with Gasteiger partial charge in [0.1, 0.15) is 18.1 Å². The summed E-state index contributed by atoms with van der Waals surface area (Å²) in [5.74, 6) is -1.79. The molecule has 2 atom stereocenters. The number of aromatic nitrogens is 2. The fourth-order valence-electron chi connectivity index (χ4n) is 3.76. The van der Waals surface area contributed by atoms with Gasteiger partial charge in [-0.25, -0.2) is 4.98 Å². The van der Waals surface area contributed by atoms with Crippen LogP contribution in [0.25, 0.3) is 0 Å². The van der Waals surface area contributed by atoms with Crippen molar-refractivity contribution in [3.05, 3.63) is 47.5 Å². The number of carboxylic acids is 1. The Bertz CT molecular complexity index is 971. The number of aryl methyl sites for hydroxylation is 2. The van der Waals surface area contributed by atoms with E-state index in [0.29, 0.717) is 32.1 Å². The van der Waals surface area contributed by atoms with Gasteiger partial charge < -0.3 is 30.2 Å². The molecule has 1 aromatic heterocycles. The Balaban J connectivity index is 1.56. The van der Waals surface area contributed by atoms with Gasteiger partial charge in [-0.05, 0) is 49.8 Å². The van der Waals surface area contributed by atoms with Crippen molar-refractivity contribution in [1.29, 1.82) is 0 Å². The molecule has 1 aliphatic heterocycles. The van der Waals surface area contributed by atoms with Gasteiger partial charge in [0.05, 0.1) is 12.5 Å². The number of aromatic hydroxyl groups is 1. The lowest BCUT2D eigenvalue weighted by Gasteiger charge is -2.24.